The minimum Gasteiger partial charge on any atom is -0.390 e. The van der Waals surface area contributed by atoms with Crippen molar-refractivity contribution < 1.29 is 10.2 Å². The summed E-state index contributed by atoms with van der Waals surface area (Å²) in [6, 6.07) is 0.472. The van der Waals surface area contributed by atoms with Crippen LogP contribution in [0.5, 0.6) is 0 Å². The van der Waals surface area contributed by atoms with Gasteiger partial charge in [0.1, 0.15) is 0 Å². The lowest BCUT2D eigenvalue weighted by Gasteiger charge is -2.63. The van der Waals surface area contributed by atoms with Gasteiger partial charge in [-0.05, 0) is 99.3 Å². The first-order valence-electron chi connectivity index (χ1n) is 12.8. The van der Waals surface area contributed by atoms with E-state index in [1.165, 1.54) is 44.9 Å². The molecule has 9 atom stereocenters. The quantitative estimate of drug-likeness (QED) is 0.390. The van der Waals surface area contributed by atoms with E-state index in [9.17, 15) is 10.2 Å². The fourth-order valence-electron chi connectivity index (χ4n) is 8.44. The highest BCUT2D eigenvalue weighted by Gasteiger charge is 2.64. The summed E-state index contributed by atoms with van der Waals surface area (Å²) in [6.07, 6.45) is 10.6. The van der Waals surface area contributed by atoms with Crippen molar-refractivity contribution in [3.05, 3.63) is 11.6 Å². The number of hydrogen-bond acceptors (Lipinski definition) is 4. The summed E-state index contributed by atoms with van der Waals surface area (Å²) in [4.78, 5) is 0. The van der Waals surface area contributed by atoms with Crippen LogP contribution in [-0.4, -0.2) is 48.1 Å². The maximum absolute atomic E-state index is 11.4. The zero-order valence-corrected chi connectivity index (χ0v) is 19.8. The first-order valence-corrected chi connectivity index (χ1v) is 12.8. The second kappa shape index (κ2) is 8.84. The molecular weight excluding hydrogens is 372 g/mol. The molecule has 4 saturated carbocycles. The Morgan fingerprint density at radius 2 is 1.77 bits per heavy atom. The molecule has 4 N–H and O–H groups in total. The Labute approximate surface area is 184 Å². The highest BCUT2D eigenvalue weighted by Crippen LogP contribution is 2.67. The second-order valence-corrected chi connectivity index (χ2v) is 11.4. The molecule has 4 rings (SSSR count). The van der Waals surface area contributed by atoms with Crippen molar-refractivity contribution in [2.45, 2.75) is 97.3 Å². The number of rotatable bonds is 6. The van der Waals surface area contributed by atoms with Gasteiger partial charge in [-0.1, -0.05) is 32.4 Å². The first-order chi connectivity index (χ1) is 14.4. The molecule has 0 bridgehead atoms. The molecule has 0 aromatic rings. The molecule has 0 aromatic heterocycles. The van der Waals surface area contributed by atoms with Gasteiger partial charge in [0.05, 0.1) is 12.2 Å². The van der Waals surface area contributed by atoms with Gasteiger partial charge in [-0.3, -0.25) is 0 Å². The normalized spacial score (nSPS) is 49.5. The molecule has 0 aliphatic heterocycles. The Balaban J connectivity index is 1.48. The third kappa shape index (κ3) is 3.60. The maximum Gasteiger partial charge on any atom is 0.0836 e. The van der Waals surface area contributed by atoms with Gasteiger partial charge in [-0.25, -0.2) is 0 Å². The molecule has 4 nitrogen and oxygen atoms in total. The van der Waals surface area contributed by atoms with E-state index in [1.54, 1.807) is 5.57 Å². The van der Waals surface area contributed by atoms with Gasteiger partial charge in [0.25, 0.3) is 0 Å². The Morgan fingerprint density at radius 1 is 0.967 bits per heavy atom. The molecule has 0 heterocycles. The predicted octanol–water partition coefficient (Wildman–Crippen LogP) is 3.87. The summed E-state index contributed by atoms with van der Waals surface area (Å²) < 4.78 is 0. The van der Waals surface area contributed by atoms with Crippen molar-refractivity contribution in [3.63, 3.8) is 0 Å². The van der Waals surface area contributed by atoms with Gasteiger partial charge in [-0.15, -0.1) is 0 Å². The smallest absolute Gasteiger partial charge is 0.0836 e. The van der Waals surface area contributed by atoms with Crippen LogP contribution in [0.3, 0.4) is 0 Å². The van der Waals surface area contributed by atoms with Gasteiger partial charge in [0.2, 0.25) is 0 Å². The Hall–Kier alpha value is -0.420. The van der Waals surface area contributed by atoms with Crippen LogP contribution >= 0.6 is 0 Å². The van der Waals surface area contributed by atoms with Crippen LogP contribution < -0.4 is 10.6 Å². The molecule has 0 aromatic carbocycles. The van der Waals surface area contributed by atoms with Crippen LogP contribution in [0.2, 0.25) is 0 Å². The van der Waals surface area contributed by atoms with Gasteiger partial charge in [0, 0.05) is 19.1 Å². The number of fused-ring (bicyclic) bond motifs is 5. The summed E-state index contributed by atoms with van der Waals surface area (Å²) >= 11 is 0. The number of hydrogen-bond donors (Lipinski definition) is 4. The van der Waals surface area contributed by atoms with E-state index in [0.29, 0.717) is 17.9 Å². The van der Waals surface area contributed by atoms with Crippen molar-refractivity contribution in [2.75, 3.05) is 19.6 Å². The fourth-order valence-corrected chi connectivity index (χ4v) is 8.44. The first kappa shape index (κ1) is 22.8. The summed E-state index contributed by atoms with van der Waals surface area (Å²) in [7, 11) is 0. The Bertz CT molecular complexity index is 637. The van der Waals surface area contributed by atoms with Crippen molar-refractivity contribution in [1.82, 2.24) is 10.6 Å². The van der Waals surface area contributed by atoms with E-state index in [-0.39, 0.29) is 22.7 Å². The third-order valence-electron chi connectivity index (χ3n) is 10.1. The topological polar surface area (TPSA) is 64.5 Å². The molecule has 172 valence electrons. The van der Waals surface area contributed by atoms with E-state index in [0.717, 1.165) is 26.1 Å². The summed E-state index contributed by atoms with van der Waals surface area (Å²) in [5, 5.41) is 30.0. The summed E-state index contributed by atoms with van der Waals surface area (Å²) in [5.74, 6) is 1.57. The lowest BCUT2D eigenvalue weighted by atomic mass is 9.43. The molecule has 0 amide bonds. The van der Waals surface area contributed by atoms with Gasteiger partial charge >= 0.3 is 0 Å². The van der Waals surface area contributed by atoms with Gasteiger partial charge < -0.3 is 20.8 Å². The van der Waals surface area contributed by atoms with Crippen LogP contribution in [0.4, 0.5) is 0 Å². The van der Waals surface area contributed by atoms with E-state index >= 15 is 0 Å². The third-order valence-corrected chi connectivity index (χ3v) is 10.1. The minimum absolute atomic E-state index is 0.169. The monoisotopic (exact) mass is 418 g/mol. The number of aliphatic hydroxyl groups excluding tert-OH is 2. The molecule has 4 heteroatoms. The number of allylic oxidation sites excluding steroid dienone is 2. The second-order valence-electron chi connectivity index (χ2n) is 11.4. The SMILES string of the molecule is C/C=C1/CCC2C3C(CC[C@]12C)[C@@]1(C)CCC(NCCNCCC)CC1[C@@H](O)[C@@H]3O. The average molecular weight is 419 g/mol. The van der Waals surface area contributed by atoms with Gasteiger partial charge in [0.15, 0.2) is 0 Å². The Kier molecular flexibility index (Phi) is 6.71. The van der Waals surface area contributed by atoms with E-state index in [4.69, 9.17) is 0 Å². The van der Waals surface area contributed by atoms with Crippen molar-refractivity contribution in [2.24, 2.45) is 34.5 Å². The standard InChI is InChI=1S/C26H46N2O2/c1-5-13-27-14-15-28-18-9-11-26(4)20-10-12-25(3)17(6-2)7-8-19(25)22(20)24(30)23(29)21(26)16-18/h6,18-24,27-30H,5,7-16H2,1-4H3/b17-6-/t18?,19?,20?,21?,22?,23-,24-,25-,26-/m1/s1. The lowest BCUT2D eigenvalue weighted by Crippen LogP contribution is -2.64. The van der Waals surface area contributed by atoms with Crippen molar-refractivity contribution in [3.8, 4) is 0 Å². The summed E-state index contributed by atoms with van der Waals surface area (Å²) in [5.41, 5.74) is 2.01. The number of nitrogens with one attached hydrogen (secondary N) is 2. The van der Waals surface area contributed by atoms with E-state index in [2.05, 4.69) is 44.4 Å². The molecule has 0 saturated heterocycles. The van der Waals surface area contributed by atoms with Crippen LogP contribution in [0.25, 0.3) is 0 Å². The lowest BCUT2D eigenvalue weighted by molar-refractivity contribution is -0.211. The Morgan fingerprint density at radius 3 is 2.50 bits per heavy atom. The fraction of sp³-hybridized carbons (Fsp3) is 0.923. The molecule has 5 unspecified atom stereocenters. The molecule has 4 aliphatic rings. The largest absolute Gasteiger partial charge is 0.390 e. The van der Waals surface area contributed by atoms with Crippen LogP contribution in [0, 0.1) is 34.5 Å². The van der Waals surface area contributed by atoms with Gasteiger partial charge in [-0.2, -0.15) is 0 Å². The van der Waals surface area contributed by atoms with Crippen molar-refractivity contribution >= 4 is 0 Å². The van der Waals surface area contributed by atoms with Crippen LogP contribution in [0.15, 0.2) is 11.6 Å². The van der Waals surface area contributed by atoms with Crippen LogP contribution in [0.1, 0.15) is 79.1 Å². The average Bonchev–Trinajstić information content (AvgIpc) is 3.08. The van der Waals surface area contributed by atoms with E-state index in [1.807, 2.05) is 0 Å². The molecule has 0 radical (unpaired) electrons. The maximum atomic E-state index is 11.4. The molecule has 4 aliphatic carbocycles. The van der Waals surface area contributed by atoms with Crippen molar-refractivity contribution in [1.29, 1.82) is 0 Å². The predicted molar refractivity (Wildman–Crippen MR) is 123 cm³/mol. The zero-order valence-electron chi connectivity index (χ0n) is 19.8. The molecular formula is C26H46N2O2. The van der Waals surface area contributed by atoms with E-state index < -0.39 is 12.2 Å². The summed E-state index contributed by atoms with van der Waals surface area (Å²) in [6.45, 7) is 12.4. The molecule has 4 fully saturated rings. The zero-order chi connectivity index (χ0) is 21.5. The minimum atomic E-state index is -0.573. The molecule has 30 heavy (non-hydrogen) atoms. The highest BCUT2D eigenvalue weighted by atomic mass is 16.3. The van der Waals surface area contributed by atoms with Crippen LogP contribution in [-0.2, 0) is 0 Å². The highest BCUT2D eigenvalue weighted by molar-refractivity contribution is 5.25. The molecule has 0 spiro atoms. The number of aliphatic hydroxyl groups is 2.